The third kappa shape index (κ3) is 4.42. The van der Waals surface area contributed by atoms with Crippen molar-refractivity contribution in [2.45, 2.75) is 84.2 Å². The fourth-order valence-electron chi connectivity index (χ4n) is 3.08. The van der Waals surface area contributed by atoms with Crippen molar-refractivity contribution in [1.29, 1.82) is 0 Å². The summed E-state index contributed by atoms with van der Waals surface area (Å²) < 4.78 is 0. The van der Waals surface area contributed by atoms with Gasteiger partial charge in [0.2, 0.25) is 0 Å². The molecule has 1 fully saturated rings. The molecule has 1 aliphatic heterocycles. The molecule has 1 heterocycles. The molecule has 0 aromatic carbocycles. The number of rotatable bonds is 4. The second-order valence-electron chi connectivity index (χ2n) is 6.46. The van der Waals surface area contributed by atoms with Crippen LogP contribution in [0, 0.1) is 5.92 Å². The van der Waals surface area contributed by atoms with Crippen molar-refractivity contribution < 1.29 is 0 Å². The van der Waals surface area contributed by atoms with E-state index in [1.54, 1.807) is 0 Å². The van der Waals surface area contributed by atoms with Gasteiger partial charge in [-0.25, -0.2) is 0 Å². The van der Waals surface area contributed by atoms with Crippen molar-refractivity contribution >= 4 is 0 Å². The largest absolute Gasteiger partial charge is 0.344 e. The standard InChI is InChI=1S/C14H29N.H3N/c1-6-7-8-9-12-10-11-13(2,3)15-14(12,4)5;/h12,15H,6-11H2,1-5H3;1H3. The van der Waals surface area contributed by atoms with Crippen molar-refractivity contribution in [2.75, 3.05) is 0 Å². The quantitative estimate of drug-likeness (QED) is 0.705. The lowest BCUT2D eigenvalue weighted by Gasteiger charge is -2.48. The van der Waals surface area contributed by atoms with Crippen molar-refractivity contribution in [3.63, 3.8) is 0 Å². The normalized spacial score (nSPS) is 27.2. The van der Waals surface area contributed by atoms with E-state index in [1.165, 1.54) is 38.5 Å². The van der Waals surface area contributed by atoms with Gasteiger partial charge in [0, 0.05) is 11.1 Å². The van der Waals surface area contributed by atoms with Gasteiger partial charge in [-0.1, -0.05) is 26.2 Å². The lowest BCUT2D eigenvalue weighted by atomic mass is 9.72. The average molecular weight is 228 g/mol. The van der Waals surface area contributed by atoms with Crippen LogP contribution in [-0.2, 0) is 0 Å². The highest BCUT2D eigenvalue weighted by Gasteiger charge is 2.38. The van der Waals surface area contributed by atoms with Crippen LogP contribution in [0.25, 0.3) is 0 Å². The molecule has 1 rings (SSSR count). The maximum Gasteiger partial charge on any atom is 0.0158 e. The van der Waals surface area contributed by atoms with Gasteiger partial charge in [0.15, 0.2) is 0 Å². The first-order chi connectivity index (χ1) is 6.87. The predicted octanol–water partition coefficient (Wildman–Crippen LogP) is 4.29. The lowest BCUT2D eigenvalue weighted by Crippen LogP contribution is -2.59. The Hall–Kier alpha value is -0.0800. The van der Waals surface area contributed by atoms with Crippen molar-refractivity contribution in [2.24, 2.45) is 5.92 Å². The first kappa shape index (κ1) is 15.9. The molecule has 1 unspecified atom stereocenters. The Morgan fingerprint density at radius 1 is 1.12 bits per heavy atom. The third-order valence-electron chi connectivity index (χ3n) is 3.96. The Labute approximate surface area is 102 Å². The summed E-state index contributed by atoms with van der Waals surface area (Å²) in [7, 11) is 0. The lowest BCUT2D eigenvalue weighted by molar-refractivity contribution is 0.104. The molecule has 1 atom stereocenters. The van der Waals surface area contributed by atoms with Gasteiger partial charge in [0.1, 0.15) is 0 Å². The Kier molecular flexibility index (Phi) is 5.99. The minimum Gasteiger partial charge on any atom is -0.344 e. The first-order valence-electron chi connectivity index (χ1n) is 6.67. The minimum atomic E-state index is 0. The number of nitrogens with one attached hydrogen (secondary N) is 1. The Bertz CT molecular complexity index is 197. The van der Waals surface area contributed by atoms with E-state index in [1.807, 2.05) is 0 Å². The maximum atomic E-state index is 3.81. The van der Waals surface area contributed by atoms with Crippen LogP contribution in [0.4, 0.5) is 0 Å². The molecule has 0 radical (unpaired) electrons. The van der Waals surface area contributed by atoms with E-state index in [0.717, 1.165) is 5.92 Å². The zero-order chi connectivity index (χ0) is 11.5. The smallest absolute Gasteiger partial charge is 0.0158 e. The molecule has 0 aromatic rings. The molecule has 98 valence electrons. The predicted molar refractivity (Wildman–Crippen MR) is 73.2 cm³/mol. The molecule has 1 saturated heterocycles. The van der Waals surface area contributed by atoms with Crippen LogP contribution < -0.4 is 11.5 Å². The molecule has 0 saturated carbocycles. The van der Waals surface area contributed by atoms with Gasteiger partial charge in [-0.2, -0.15) is 0 Å². The van der Waals surface area contributed by atoms with Crippen LogP contribution in [-0.4, -0.2) is 11.1 Å². The molecule has 0 spiro atoms. The van der Waals surface area contributed by atoms with Crippen LogP contribution in [0.2, 0.25) is 0 Å². The Morgan fingerprint density at radius 3 is 2.25 bits per heavy atom. The minimum absolute atomic E-state index is 0. The molecule has 2 heteroatoms. The van der Waals surface area contributed by atoms with Crippen molar-refractivity contribution in [3.05, 3.63) is 0 Å². The summed E-state index contributed by atoms with van der Waals surface area (Å²) in [6.45, 7) is 11.7. The highest BCUT2D eigenvalue weighted by atomic mass is 15.1. The SMILES string of the molecule is CCCCCC1CCC(C)(C)NC1(C)C.N. The molecule has 0 aromatic heterocycles. The second kappa shape index (κ2) is 6.02. The molecule has 0 amide bonds. The fraction of sp³-hybridized carbons (Fsp3) is 1.00. The van der Waals surface area contributed by atoms with Crippen LogP contribution in [0.15, 0.2) is 0 Å². The number of unbranched alkanes of at least 4 members (excludes halogenated alkanes) is 2. The summed E-state index contributed by atoms with van der Waals surface area (Å²) in [5, 5.41) is 3.81. The first-order valence-corrected chi connectivity index (χ1v) is 6.67. The molecular formula is C14H32N2. The zero-order valence-corrected chi connectivity index (χ0v) is 12.0. The van der Waals surface area contributed by atoms with E-state index < -0.39 is 0 Å². The maximum absolute atomic E-state index is 3.81. The van der Waals surface area contributed by atoms with Gasteiger partial charge in [0.05, 0.1) is 0 Å². The summed E-state index contributed by atoms with van der Waals surface area (Å²) in [6, 6.07) is 0. The van der Waals surface area contributed by atoms with E-state index in [2.05, 4.69) is 39.9 Å². The summed E-state index contributed by atoms with van der Waals surface area (Å²) in [5.41, 5.74) is 0.667. The fourth-order valence-corrected chi connectivity index (χ4v) is 3.08. The monoisotopic (exact) mass is 228 g/mol. The second-order valence-corrected chi connectivity index (χ2v) is 6.46. The van der Waals surface area contributed by atoms with E-state index in [4.69, 9.17) is 0 Å². The van der Waals surface area contributed by atoms with E-state index in [9.17, 15) is 0 Å². The molecule has 1 aliphatic rings. The van der Waals surface area contributed by atoms with Gasteiger partial charge in [0.25, 0.3) is 0 Å². The molecule has 4 N–H and O–H groups in total. The highest BCUT2D eigenvalue weighted by molar-refractivity contribution is 4.98. The number of piperidine rings is 1. The average Bonchev–Trinajstić information content (AvgIpc) is 2.06. The molecule has 16 heavy (non-hydrogen) atoms. The van der Waals surface area contributed by atoms with E-state index in [0.29, 0.717) is 11.1 Å². The summed E-state index contributed by atoms with van der Waals surface area (Å²) >= 11 is 0. The van der Waals surface area contributed by atoms with Gasteiger partial charge >= 0.3 is 0 Å². The summed E-state index contributed by atoms with van der Waals surface area (Å²) in [4.78, 5) is 0. The summed E-state index contributed by atoms with van der Waals surface area (Å²) in [6.07, 6.45) is 8.28. The molecule has 0 bridgehead atoms. The Balaban J connectivity index is 0.00000225. The van der Waals surface area contributed by atoms with Crippen LogP contribution >= 0.6 is 0 Å². The molecular weight excluding hydrogens is 196 g/mol. The van der Waals surface area contributed by atoms with Gasteiger partial charge in [-0.05, 0) is 52.9 Å². The van der Waals surface area contributed by atoms with Crippen LogP contribution in [0.3, 0.4) is 0 Å². The Morgan fingerprint density at radius 2 is 1.75 bits per heavy atom. The third-order valence-corrected chi connectivity index (χ3v) is 3.96. The zero-order valence-electron chi connectivity index (χ0n) is 12.0. The van der Waals surface area contributed by atoms with Gasteiger partial charge < -0.3 is 11.5 Å². The topological polar surface area (TPSA) is 47.0 Å². The van der Waals surface area contributed by atoms with Crippen LogP contribution in [0.5, 0.6) is 0 Å². The molecule has 0 aliphatic carbocycles. The number of hydrogen-bond acceptors (Lipinski definition) is 2. The van der Waals surface area contributed by atoms with Gasteiger partial charge in [-0.3, -0.25) is 0 Å². The highest BCUT2D eigenvalue weighted by Crippen LogP contribution is 2.36. The van der Waals surface area contributed by atoms with E-state index in [-0.39, 0.29) is 6.15 Å². The van der Waals surface area contributed by atoms with E-state index >= 15 is 0 Å². The summed E-state index contributed by atoms with van der Waals surface area (Å²) in [5.74, 6) is 0.872. The van der Waals surface area contributed by atoms with Gasteiger partial charge in [-0.15, -0.1) is 0 Å². The number of hydrogen-bond donors (Lipinski definition) is 2. The molecule has 2 nitrogen and oxygen atoms in total. The van der Waals surface area contributed by atoms with Crippen LogP contribution in [0.1, 0.15) is 73.1 Å². The van der Waals surface area contributed by atoms with Crippen molar-refractivity contribution in [3.8, 4) is 0 Å². The van der Waals surface area contributed by atoms with Crippen molar-refractivity contribution in [1.82, 2.24) is 11.5 Å².